The van der Waals surface area contributed by atoms with E-state index >= 15 is 0 Å². The molecule has 0 amide bonds. The molecule has 110 valence electrons. The first-order valence-electron chi connectivity index (χ1n) is 8.05. The van der Waals surface area contributed by atoms with Gasteiger partial charge in [0.1, 0.15) is 0 Å². The molecule has 0 saturated heterocycles. The Morgan fingerprint density at radius 1 is 0.864 bits per heavy atom. The van der Waals surface area contributed by atoms with Crippen LogP contribution in [0.15, 0.2) is 48.5 Å². The molecule has 0 aliphatic heterocycles. The number of nitrogens with zero attached hydrogens (tertiary/aromatic N) is 1. The van der Waals surface area contributed by atoms with Crippen molar-refractivity contribution in [2.24, 2.45) is 0 Å². The predicted molar refractivity (Wildman–Crippen MR) is 93.3 cm³/mol. The van der Waals surface area contributed by atoms with Crippen molar-refractivity contribution in [2.75, 3.05) is 0 Å². The van der Waals surface area contributed by atoms with Gasteiger partial charge in [-0.25, -0.2) is 4.98 Å². The molecule has 1 nitrogen and oxygen atoms in total. The first-order chi connectivity index (χ1) is 10.5. The van der Waals surface area contributed by atoms with E-state index in [-0.39, 0.29) is 5.41 Å². The molecule has 0 fully saturated rings. The van der Waals surface area contributed by atoms with Crippen LogP contribution in [0.1, 0.15) is 37.5 Å². The van der Waals surface area contributed by atoms with Gasteiger partial charge in [-0.2, -0.15) is 0 Å². The van der Waals surface area contributed by atoms with Gasteiger partial charge in [-0.15, -0.1) is 0 Å². The number of benzene rings is 2. The van der Waals surface area contributed by atoms with Gasteiger partial charge in [-0.1, -0.05) is 51.1 Å². The molecule has 1 aromatic heterocycles. The minimum atomic E-state index is 0.177. The largest absolute Gasteiger partial charge is 0.247 e. The van der Waals surface area contributed by atoms with Gasteiger partial charge in [0.2, 0.25) is 0 Å². The van der Waals surface area contributed by atoms with Crippen LogP contribution in [0, 0.1) is 0 Å². The maximum Gasteiger partial charge on any atom is 0.0744 e. The second-order valence-electron chi connectivity index (χ2n) is 7.31. The normalized spacial score (nSPS) is 13.8. The lowest BCUT2D eigenvalue weighted by atomic mass is 9.85. The van der Waals surface area contributed by atoms with Crippen molar-refractivity contribution >= 4 is 10.9 Å². The second kappa shape index (κ2) is 4.67. The Kier molecular flexibility index (Phi) is 2.87. The van der Waals surface area contributed by atoms with Crippen LogP contribution in [0.4, 0.5) is 0 Å². The summed E-state index contributed by atoms with van der Waals surface area (Å²) in [5.74, 6) is 0. The number of hydrogen-bond donors (Lipinski definition) is 0. The lowest BCUT2D eigenvalue weighted by Gasteiger charge is -2.22. The molecule has 0 bridgehead atoms. The Morgan fingerprint density at radius 3 is 2.45 bits per heavy atom. The Morgan fingerprint density at radius 2 is 1.64 bits per heavy atom. The molecule has 0 radical (unpaired) electrons. The summed E-state index contributed by atoms with van der Waals surface area (Å²) in [6.45, 7) is 6.78. The fourth-order valence-electron chi connectivity index (χ4n) is 3.35. The quantitative estimate of drug-likeness (QED) is 0.547. The molecule has 1 heterocycles. The van der Waals surface area contributed by atoms with E-state index in [9.17, 15) is 0 Å². The van der Waals surface area contributed by atoms with Crippen LogP contribution in [0.25, 0.3) is 22.2 Å². The molecule has 2 aromatic carbocycles. The fourth-order valence-corrected chi connectivity index (χ4v) is 3.35. The summed E-state index contributed by atoms with van der Waals surface area (Å²) in [6.07, 6.45) is 2.21. The summed E-state index contributed by atoms with van der Waals surface area (Å²) in [5, 5.41) is 1.27. The number of fused-ring (bicyclic) bond motifs is 4. The molecule has 0 N–H and O–H groups in total. The van der Waals surface area contributed by atoms with Crippen LogP contribution in [0.2, 0.25) is 0 Å². The molecule has 1 heteroatoms. The van der Waals surface area contributed by atoms with Crippen molar-refractivity contribution in [3.05, 3.63) is 65.2 Å². The van der Waals surface area contributed by atoms with Crippen LogP contribution < -0.4 is 0 Å². The first kappa shape index (κ1) is 13.5. The molecule has 4 rings (SSSR count). The van der Waals surface area contributed by atoms with Crippen molar-refractivity contribution < 1.29 is 0 Å². The maximum absolute atomic E-state index is 4.98. The highest BCUT2D eigenvalue weighted by atomic mass is 14.7. The third-order valence-corrected chi connectivity index (χ3v) is 4.70. The van der Waals surface area contributed by atoms with E-state index in [1.807, 2.05) is 0 Å². The van der Waals surface area contributed by atoms with Crippen LogP contribution in [-0.4, -0.2) is 4.98 Å². The van der Waals surface area contributed by atoms with Crippen molar-refractivity contribution in [2.45, 2.75) is 39.0 Å². The molecule has 1 aliphatic rings. The van der Waals surface area contributed by atoms with E-state index in [2.05, 4.69) is 69.3 Å². The molecular formula is C21H21N. The Labute approximate surface area is 132 Å². The Balaban J connectivity index is 1.94. The third-order valence-electron chi connectivity index (χ3n) is 4.70. The minimum Gasteiger partial charge on any atom is -0.247 e. The number of rotatable bonds is 0. The fraction of sp³-hybridized carbons (Fsp3) is 0.286. The lowest BCUT2D eigenvalue weighted by Crippen LogP contribution is -2.11. The van der Waals surface area contributed by atoms with Gasteiger partial charge in [0, 0.05) is 10.9 Å². The van der Waals surface area contributed by atoms with Gasteiger partial charge in [0.15, 0.2) is 0 Å². The van der Waals surface area contributed by atoms with Gasteiger partial charge in [-0.3, -0.25) is 0 Å². The molecule has 0 spiro atoms. The Hall–Kier alpha value is -2.15. The zero-order valence-electron chi connectivity index (χ0n) is 13.5. The standard InChI is InChI=1S/C21H21N/c1-21(2,3)17-10-11-19-16(13-17)12-15-9-8-14-6-4-5-7-18(14)20(15)22-19/h4-7,10-13H,8-9H2,1-3H3. The molecule has 3 aromatic rings. The van der Waals surface area contributed by atoms with E-state index in [1.54, 1.807) is 0 Å². The van der Waals surface area contributed by atoms with E-state index < -0.39 is 0 Å². The molecular weight excluding hydrogens is 266 g/mol. The van der Waals surface area contributed by atoms with Gasteiger partial charge in [0.05, 0.1) is 11.2 Å². The van der Waals surface area contributed by atoms with Gasteiger partial charge in [-0.05, 0) is 53.1 Å². The summed E-state index contributed by atoms with van der Waals surface area (Å²) in [5.41, 5.74) is 7.95. The highest BCUT2D eigenvalue weighted by Crippen LogP contribution is 2.34. The molecule has 22 heavy (non-hydrogen) atoms. The second-order valence-corrected chi connectivity index (χ2v) is 7.31. The zero-order chi connectivity index (χ0) is 15.3. The summed E-state index contributed by atoms with van der Waals surface area (Å²) >= 11 is 0. The van der Waals surface area contributed by atoms with E-state index in [0.29, 0.717) is 0 Å². The maximum atomic E-state index is 4.98. The smallest absolute Gasteiger partial charge is 0.0744 e. The van der Waals surface area contributed by atoms with Crippen molar-refractivity contribution in [3.63, 3.8) is 0 Å². The summed E-state index contributed by atoms with van der Waals surface area (Å²) in [4.78, 5) is 4.98. The number of aryl methyl sites for hydroxylation is 2. The van der Waals surface area contributed by atoms with E-state index in [4.69, 9.17) is 4.98 Å². The molecule has 0 saturated carbocycles. The predicted octanol–water partition coefficient (Wildman–Crippen LogP) is 5.30. The topological polar surface area (TPSA) is 12.9 Å². The Bertz CT molecular complexity index is 869. The molecule has 0 atom stereocenters. The van der Waals surface area contributed by atoms with Crippen LogP contribution in [0.3, 0.4) is 0 Å². The highest BCUT2D eigenvalue weighted by Gasteiger charge is 2.19. The van der Waals surface area contributed by atoms with Gasteiger partial charge >= 0.3 is 0 Å². The van der Waals surface area contributed by atoms with Crippen LogP contribution in [0.5, 0.6) is 0 Å². The molecule has 0 unspecified atom stereocenters. The number of aromatic nitrogens is 1. The minimum absolute atomic E-state index is 0.177. The number of pyridine rings is 1. The monoisotopic (exact) mass is 287 g/mol. The first-order valence-corrected chi connectivity index (χ1v) is 8.05. The van der Waals surface area contributed by atoms with Crippen molar-refractivity contribution in [1.82, 2.24) is 4.98 Å². The van der Waals surface area contributed by atoms with Crippen LogP contribution >= 0.6 is 0 Å². The lowest BCUT2D eigenvalue weighted by molar-refractivity contribution is 0.591. The summed E-state index contributed by atoms with van der Waals surface area (Å²) in [7, 11) is 0. The van der Waals surface area contributed by atoms with E-state index in [1.165, 1.54) is 33.3 Å². The third kappa shape index (κ3) is 2.12. The van der Waals surface area contributed by atoms with Crippen LogP contribution in [-0.2, 0) is 18.3 Å². The number of hydrogen-bond acceptors (Lipinski definition) is 1. The van der Waals surface area contributed by atoms with Gasteiger partial charge < -0.3 is 0 Å². The molecule has 1 aliphatic carbocycles. The average molecular weight is 287 g/mol. The highest BCUT2D eigenvalue weighted by molar-refractivity contribution is 5.85. The van der Waals surface area contributed by atoms with E-state index in [0.717, 1.165) is 18.4 Å². The summed E-state index contributed by atoms with van der Waals surface area (Å²) in [6, 6.07) is 17.7. The summed E-state index contributed by atoms with van der Waals surface area (Å²) < 4.78 is 0. The SMILES string of the molecule is CC(C)(C)c1ccc2nc3c(cc2c1)CCc1ccccc1-3. The average Bonchev–Trinajstić information content (AvgIpc) is 2.51. The zero-order valence-corrected chi connectivity index (χ0v) is 13.5. The van der Waals surface area contributed by atoms with Crippen molar-refractivity contribution in [1.29, 1.82) is 0 Å². The van der Waals surface area contributed by atoms with Gasteiger partial charge in [0.25, 0.3) is 0 Å². The van der Waals surface area contributed by atoms with Crippen molar-refractivity contribution in [3.8, 4) is 11.3 Å².